The molecular formula is C20H25N3O5S. The monoisotopic (exact) mass is 419 g/mol. The van der Waals surface area contributed by atoms with Crippen LogP contribution in [0.3, 0.4) is 0 Å². The standard InChI is InChI=1S/C20H25N3O5S/c1-3-4-12-22-18-11-6-5-10-17(18)20(25)28-14(2)19(24)23-15-8-7-9-16(13-15)29(21,26)27/h5-11,13-14,22H,3-4,12H2,1-2H3,(H,23,24)(H2,21,26,27)/t14-/m1/s1. The van der Waals surface area contributed by atoms with Gasteiger partial charge in [-0.1, -0.05) is 31.5 Å². The molecule has 0 aliphatic rings. The van der Waals surface area contributed by atoms with Gasteiger partial charge in [-0.2, -0.15) is 0 Å². The van der Waals surface area contributed by atoms with Crippen molar-refractivity contribution in [1.29, 1.82) is 0 Å². The molecule has 0 bridgehead atoms. The molecule has 2 aromatic carbocycles. The molecule has 2 aromatic rings. The van der Waals surface area contributed by atoms with Crippen molar-refractivity contribution in [2.45, 2.75) is 37.7 Å². The summed E-state index contributed by atoms with van der Waals surface area (Å²) in [6.45, 7) is 4.22. The van der Waals surface area contributed by atoms with Crippen LogP contribution in [0.5, 0.6) is 0 Å². The van der Waals surface area contributed by atoms with Crippen molar-refractivity contribution >= 4 is 33.3 Å². The van der Waals surface area contributed by atoms with Crippen LogP contribution in [0.15, 0.2) is 53.4 Å². The topological polar surface area (TPSA) is 128 Å². The molecule has 0 saturated heterocycles. The summed E-state index contributed by atoms with van der Waals surface area (Å²) in [5, 5.41) is 10.8. The molecule has 0 heterocycles. The SMILES string of the molecule is CCCCNc1ccccc1C(=O)O[C@H](C)C(=O)Nc1cccc(S(N)(=O)=O)c1. The van der Waals surface area contributed by atoms with Crippen molar-refractivity contribution in [3.8, 4) is 0 Å². The van der Waals surface area contributed by atoms with E-state index in [0.29, 0.717) is 11.3 Å². The summed E-state index contributed by atoms with van der Waals surface area (Å²) in [5.74, 6) is -1.23. The zero-order valence-corrected chi connectivity index (χ0v) is 17.2. The Balaban J connectivity index is 2.04. The number of amides is 1. The first-order valence-corrected chi connectivity index (χ1v) is 10.7. The van der Waals surface area contributed by atoms with Crippen molar-refractivity contribution in [3.05, 3.63) is 54.1 Å². The van der Waals surface area contributed by atoms with Gasteiger partial charge in [0.05, 0.1) is 10.5 Å². The van der Waals surface area contributed by atoms with E-state index >= 15 is 0 Å². The minimum atomic E-state index is -3.89. The molecule has 0 radical (unpaired) electrons. The van der Waals surface area contributed by atoms with Crippen LogP contribution < -0.4 is 15.8 Å². The number of esters is 1. The normalized spacial score (nSPS) is 12.1. The molecule has 0 unspecified atom stereocenters. The van der Waals surface area contributed by atoms with Crippen LogP contribution in [0.25, 0.3) is 0 Å². The molecule has 0 aliphatic carbocycles. The Morgan fingerprint density at radius 2 is 1.86 bits per heavy atom. The average Bonchev–Trinajstić information content (AvgIpc) is 2.68. The Hall–Kier alpha value is -2.91. The van der Waals surface area contributed by atoms with Gasteiger partial charge in [0.1, 0.15) is 0 Å². The van der Waals surface area contributed by atoms with Crippen molar-refractivity contribution in [2.75, 3.05) is 17.2 Å². The Morgan fingerprint density at radius 3 is 2.55 bits per heavy atom. The van der Waals surface area contributed by atoms with E-state index in [-0.39, 0.29) is 10.6 Å². The number of primary sulfonamides is 1. The van der Waals surface area contributed by atoms with Gasteiger partial charge in [0.25, 0.3) is 5.91 Å². The Bertz CT molecular complexity index is 976. The lowest BCUT2D eigenvalue weighted by atomic mass is 10.1. The van der Waals surface area contributed by atoms with E-state index < -0.39 is 28.0 Å². The molecule has 0 fully saturated rings. The summed E-state index contributed by atoms with van der Waals surface area (Å²) < 4.78 is 28.1. The maximum Gasteiger partial charge on any atom is 0.341 e. The number of para-hydroxylation sites is 1. The highest BCUT2D eigenvalue weighted by Gasteiger charge is 2.21. The molecule has 2 rings (SSSR count). The Kier molecular flexibility index (Phi) is 7.74. The third kappa shape index (κ3) is 6.58. The number of nitrogens with one attached hydrogen (secondary N) is 2. The molecule has 9 heteroatoms. The van der Waals surface area contributed by atoms with Gasteiger partial charge >= 0.3 is 5.97 Å². The number of unbranched alkanes of at least 4 members (excludes halogenated alkanes) is 1. The van der Waals surface area contributed by atoms with Crippen molar-refractivity contribution < 1.29 is 22.7 Å². The molecule has 4 N–H and O–H groups in total. The lowest BCUT2D eigenvalue weighted by molar-refractivity contribution is -0.123. The second-order valence-electron chi connectivity index (χ2n) is 6.44. The third-order valence-electron chi connectivity index (χ3n) is 4.08. The van der Waals surface area contributed by atoms with Crippen LogP contribution in [0.1, 0.15) is 37.0 Å². The van der Waals surface area contributed by atoms with Gasteiger partial charge < -0.3 is 15.4 Å². The van der Waals surface area contributed by atoms with Gasteiger partial charge in [-0.05, 0) is 43.7 Å². The molecule has 1 amide bonds. The first kappa shape index (κ1) is 22.4. The van der Waals surface area contributed by atoms with Gasteiger partial charge in [-0.25, -0.2) is 18.4 Å². The van der Waals surface area contributed by atoms with Gasteiger partial charge in [-0.15, -0.1) is 0 Å². The lowest BCUT2D eigenvalue weighted by Crippen LogP contribution is -2.30. The van der Waals surface area contributed by atoms with Crippen molar-refractivity contribution in [1.82, 2.24) is 0 Å². The number of anilines is 2. The van der Waals surface area contributed by atoms with E-state index in [0.717, 1.165) is 19.4 Å². The molecule has 8 nitrogen and oxygen atoms in total. The number of hydrogen-bond acceptors (Lipinski definition) is 6. The minimum Gasteiger partial charge on any atom is -0.449 e. The maximum atomic E-state index is 12.5. The summed E-state index contributed by atoms with van der Waals surface area (Å²) in [6, 6.07) is 12.4. The summed E-state index contributed by atoms with van der Waals surface area (Å²) in [5.41, 5.74) is 1.20. The average molecular weight is 420 g/mol. The first-order valence-electron chi connectivity index (χ1n) is 9.20. The van der Waals surface area contributed by atoms with Crippen LogP contribution in [0.2, 0.25) is 0 Å². The van der Waals surface area contributed by atoms with Gasteiger partial charge in [-0.3, -0.25) is 4.79 Å². The molecule has 29 heavy (non-hydrogen) atoms. The van der Waals surface area contributed by atoms with Crippen molar-refractivity contribution in [3.63, 3.8) is 0 Å². The smallest absolute Gasteiger partial charge is 0.341 e. The second kappa shape index (κ2) is 10.0. The third-order valence-corrected chi connectivity index (χ3v) is 4.99. The molecule has 156 valence electrons. The van der Waals surface area contributed by atoms with E-state index in [2.05, 4.69) is 17.6 Å². The zero-order chi connectivity index (χ0) is 21.4. The van der Waals surface area contributed by atoms with Crippen LogP contribution in [-0.2, 0) is 19.6 Å². The number of hydrogen-bond donors (Lipinski definition) is 3. The fourth-order valence-corrected chi connectivity index (χ4v) is 3.05. The Morgan fingerprint density at radius 1 is 1.14 bits per heavy atom. The highest BCUT2D eigenvalue weighted by molar-refractivity contribution is 7.89. The number of rotatable bonds is 9. The predicted molar refractivity (Wildman–Crippen MR) is 111 cm³/mol. The molecular weight excluding hydrogens is 394 g/mol. The van der Waals surface area contributed by atoms with E-state index in [9.17, 15) is 18.0 Å². The fourth-order valence-electron chi connectivity index (χ4n) is 2.49. The summed E-state index contributed by atoms with van der Waals surface area (Å²) >= 11 is 0. The van der Waals surface area contributed by atoms with Crippen LogP contribution in [0, 0.1) is 0 Å². The van der Waals surface area contributed by atoms with Crippen molar-refractivity contribution in [2.24, 2.45) is 5.14 Å². The second-order valence-corrected chi connectivity index (χ2v) is 8.00. The quantitative estimate of drug-likeness (QED) is 0.424. The van der Waals surface area contributed by atoms with Crippen LogP contribution in [0.4, 0.5) is 11.4 Å². The number of benzene rings is 2. The van der Waals surface area contributed by atoms with E-state index in [4.69, 9.17) is 9.88 Å². The molecule has 0 aromatic heterocycles. The fraction of sp³-hybridized carbons (Fsp3) is 0.300. The largest absolute Gasteiger partial charge is 0.449 e. The number of carbonyl (C=O) groups excluding carboxylic acids is 2. The maximum absolute atomic E-state index is 12.5. The summed E-state index contributed by atoms with van der Waals surface area (Å²) in [6.07, 6.45) is 0.882. The number of sulfonamides is 1. The molecule has 0 saturated carbocycles. The van der Waals surface area contributed by atoms with E-state index in [1.807, 2.05) is 0 Å². The Labute approximate surface area is 170 Å². The predicted octanol–water partition coefficient (Wildman–Crippen LogP) is 2.73. The number of carbonyl (C=O) groups is 2. The molecule has 0 spiro atoms. The summed E-state index contributed by atoms with van der Waals surface area (Å²) in [4.78, 5) is 24.7. The lowest BCUT2D eigenvalue weighted by Gasteiger charge is -2.16. The molecule has 1 atom stereocenters. The molecule has 0 aliphatic heterocycles. The highest BCUT2D eigenvalue weighted by Crippen LogP contribution is 2.18. The van der Waals surface area contributed by atoms with Crippen LogP contribution in [-0.4, -0.2) is 32.9 Å². The van der Waals surface area contributed by atoms with Gasteiger partial charge in [0.2, 0.25) is 10.0 Å². The van der Waals surface area contributed by atoms with E-state index in [1.54, 1.807) is 24.3 Å². The number of nitrogens with two attached hydrogens (primary N) is 1. The van der Waals surface area contributed by atoms with Gasteiger partial charge in [0, 0.05) is 17.9 Å². The highest BCUT2D eigenvalue weighted by atomic mass is 32.2. The summed E-state index contributed by atoms with van der Waals surface area (Å²) in [7, 11) is -3.89. The zero-order valence-electron chi connectivity index (χ0n) is 16.3. The van der Waals surface area contributed by atoms with Crippen LogP contribution >= 0.6 is 0 Å². The first-order chi connectivity index (χ1) is 13.7. The van der Waals surface area contributed by atoms with E-state index in [1.165, 1.54) is 31.2 Å². The number of ether oxygens (including phenoxy) is 1. The minimum absolute atomic E-state index is 0.132. The van der Waals surface area contributed by atoms with Gasteiger partial charge in [0.15, 0.2) is 6.10 Å².